The summed E-state index contributed by atoms with van der Waals surface area (Å²) >= 11 is 0. The predicted octanol–water partition coefficient (Wildman–Crippen LogP) is 3.81. The molecule has 0 aliphatic carbocycles. The van der Waals surface area contributed by atoms with Gasteiger partial charge in [-0.2, -0.15) is 0 Å². The number of nitrogens with zero attached hydrogens (tertiary/aromatic N) is 1. The number of Topliss-reactive ketones (excluding diaryl/α,β-unsaturated/α-hetero) is 1. The molecule has 1 unspecified atom stereocenters. The zero-order valence-electron chi connectivity index (χ0n) is 15.4. The van der Waals surface area contributed by atoms with Crippen molar-refractivity contribution >= 4 is 11.7 Å². The molecule has 2 rings (SSSR count). The maximum Gasteiger partial charge on any atom is 0.290 e. The molecule has 0 bridgehead atoms. The van der Waals surface area contributed by atoms with Crippen LogP contribution in [0.5, 0.6) is 5.75 Å². The van der Waals surface area contributed by atoms with Gasteiger partial charge in [0, 0.05) is 12.5 Å². The van der Waals surface area contributed by atoms with Gasteiger partial charge in [0.25, 0.3) is 5.91 Å². The van der Waals surface area contributed by atoms with Crippen molar-refractivity contribution in [1.82, 2.24) is 4.90 Å². The zero-order chi connectivity index (χ0) is 18.6. The maximum absolute atomic E-state index is 12.7. The SMILES string of the molecule is CCCCCN1C(=O)C(O)=C(C(=O)C(C)C)C1c1ccc(OC)cc1. The Labute approximate surface area is 149 Å². The summed E-state index contributed by atoms with van der Waals surface area (Å²) in [6.07, 6.45) is 2.87. The molecule has 136 valence electrons. The fourth-order valence-corrected chi connectivity index (χ4v) is 3.11. The van der Waals surface area contributed by atoms with E-state index in [1.807, 2.05) is 12.1 Å². The molecule has 5 heteroatoms. The van der Waals surface area contributed by atoms with Crippen LogP contribution in [0.25, 0.3) is 0 Å². The second-order valence-corrected chi connectivity index (χ2v) is 6.66. The van der Waals surface area contributed by atoms with Crippen LogP contribution in [0.15, 0.2) is 35.6 Å². The van der Waals surface area contributed by atoms with Gasteiger partial charge in [0.15, 0.2) is 11.5 Å². The smallest absolute Gasteiger partial charge is 0.290 e. The van der Waals surface area contributed by atoms with Crippen molar-refractivity contribution in [2.24, 2.45) is 5.92 Å². The number of amides is 1. The lowest BCUT2D eigenvalue weighted by atomic mass is 9.91. The van der Waals surface area contributed by atoms with Crippen molar-refractivity contribution in [3.63, 3.8) is 0 Å². The van der Waals surface area contributed by atoms with Crippen LogP contribution in [0.1, 0.15) is 51.6 Å². The fraction of sp³-hybridized carbons (Fsp3) is 0.500. The summed E-state index contributed by atoms with van der Waals surface area (Å²) in [6, 6.07) is 6.75. The lowest BCUT2D eigenvalue weighted by molar-refractivity contribution is -0.129. The Bertz CT molecular complexity index is 661. The van der Waals surface area contributed by atoms with Crippen LogP contribution < -0.4 is 4.74 Å². The first-order valence-corrected chi connectivity index (χ1v) is 8.84. The van der Waals surface area contributed by atoms with Gasteiger partial charge < -0.3 is 14.7 Å². The van der Waals surface area contributed by atoms with Crippen LogP contribution in [0, 0.1) is 5.92 Å². The third kappa shape index (κ3) is 3.86. The molecule has 1 aliphatic rings. The quantitative estimate of drug-likeness (QED) is 0.728. The van der Waals surface area contributed by atoms with E-state index < -0.39 is 17.7 Å². The van der Waals surface area contributed by atoms with Gasteiger partial charge in [-0.25, -0.2) is 0 Å². The standard InChI is InChI=1S/C20H27NO4/c1-5-6-7-12-21-17(14-8-10-15(25-4)11-9-14)16(18(22)13(2)3)19(23)20(21)24/h8-11,13,17,23H,5-7,12H2,1-4H3. The summed E-state index contributed by atoms with van der Waals surface area (Å²) in [5.41, 5.74) is 1.01. The van der Waals surface area contributed by atoms with Gasteiger partial charge in [-0.15, -0.1) is 0 Å². The topological polar surface area (TPSA) is 66.8 Å². The van der Waals surface area contributed by atoms with Gasteiger partial charge in [-0.3, -0.25) is 9.59 Å². The summed E-state index contributed by atoms with van der Waals surface area (Å²) in [7, 11) is 1.59. The molecule has 1 aromatic carbocycles. The number of unbranched alkanes of at least 4 members (excludes halogenated alkanes) is 2. The number of carbonyl (C=O) groups is 2. The molecule has 1 amide bonds. The molecule has 1 heterocycles. The number of carbonyl (C=O) groups excluding carboxylic acids is 2. The van der Waals surface area contributed by atoms with Crippen LogP contribution >= 0.6 is 0 Å². The molecule has 0 spiro atoms. The molecule has 1 aromatic rings. The monoisotopic (exact) mass is 345 g/mol. The highest BCUT2D eigenvalue weighted by molar-refractivity contribution is 6.09. The van der Waals surface area contributed by atoms with Gasteiger partial charge in [-0.1, -0.05) is 45.7 Å². The second-order valence-electron chi connectivity index (χ2n) is 6.66. The van der Waals surface area contributed by atoms with Gasteiger partial charge in [0.1, 0.15) is 5.75 Å². The fourth-order valence-electron chi connectivity index (χ4n) is 3.11. The molecule has 0 aromatic heterocycles. The number of ether oxygens (including phenoxy) is 1. The maximum atomic E-state index is 12.7. The van der Waals surface area contributed by atoms with E-state index in [0.717, 1.165) is 24.8 Å². The van der Waals surface area contributed by atoms with Crippen molar-refractivity contribution < 1.29 is 19.4 Å². The molecule has 1 aliphatic heterocycles. The Balaban J connectivity index is 2.43. The number of aliphatic hydroxyl groups is 1. The molecular weight excluding hydrogens is 318 g/mol. The molecule has 1 N–H and O–H groups in total. The van der Waals surface area contributed by atoms with E-state index in [-0.39, 0.29) is 17.3 Å². The Morgan fingerprint density at radius 2 is 1.88 bits per heavy atom. The minimum absolute atomic E-state index is 0.190. The Morgan fingerprint density at radius 1 is 1.24 bits per heavy atom. The number of rotatable bonds is 8. The van der Waals surface area contributed by atoms with Gasteiger partial charge in [0.2, 0.25) is 0 Å². The van der Waals surface area contributed by atoms with Crippen LogP contribution in [-0.4, -0.2) is 35.4 Å². The van der Waals surface area contributed by atoms with Gasteiger partial charge >= 0.3 is 0 Å². The highest BCUT2D eigenvalue weighted by atomic mass is 16.5. The highest BCUT2D eigenvalue weighted by Gasteiger charge is 2.43. The Kier molecular flexibility index (Phi) is 6.23. The largest absolute Gasteiger partial charge is 0.503 e. The molecule has 1 atom stereocenters. The first-order valence-electron chi connectivity index (χ1n) is 8.84. The van der Waals surface area contributed by atoms with E-state index >= 15 is 0 Å². The van der Waals surface area contributed by atoms with E-state index in [4.69, 9.17) is 4.74 Å². The highest BCUT2D eigenvalue weighted by Crippen LogP contribution is 2.39. The molecule has 0 saturated heterocycles. The third-order valence-corrected chi connectivity index (χ3v) is 4.53. The average Bonchev–Trinajstić information content (AvgIpc) is 2.86. The van der Waals surface area contributed by atoms with Crippen LogP contribution in [0.4, 0.5) is 0 Å². The van der Waals surface area contributed by atoms with Crippen LogP contribution in [0.3, 0.4) is 0 Å². The molecule has 0 saturated carbocycles. The number of hydrogen-bond acceptors (Lipinski definition) is 4. The van der Waals surface area contributed by atoms with Crippen molar-refractivity contribution in [2.75, 3.05) is 13.7 Å². The summed E-state index contributed by atoms with van der Waals surface area (Å²) in [5.74, 6) is -0.640. The van der Waals surface area contributed by atoms with E-state index in [0.29, 0.717) is 12.3 Å². The summed E-state index contributed by atoms with van der Waals surface area (Å²) in [5, 5.41) is 10.4. The van der Waals surface area contributed by atoms with Crippen LogP contribution in [0.2, 0.25) is 0 Å². The Morgan fingerprint density at radius 3 is 2.40 bits per heavy atom. The van der Waals surface area contributed by atoms with E-state index in [1.54, 1.807) is 38.0 Å². The number of ketones is 1. The van der Waals surface area contributed by atoms with E-state index in [1.165, 1.54) is 0 Å². The van der Waals surface area contributed by atoms with Gasteiger partial charge in [-0.05, 0) is 24.1 Å². The average molecular weight is 345 g/mol. The minimum atomic E-state index is -0.537. The summed E-state index contributed by atoms with van der Waals surface area (Å²) in [6.45, 7) is 6.16. The molecule has 0 radical (unpaired) electrons. The number of aliphatic hydroxyl groups excluding tert-OH is 1. The predicted molar refractivity (Wildman–Crippen MR) is 96.5 cm³/mol. The molecule has 25 heavy (non-hydrogen) atoms. The van der Waals surface area contributed by atoms with Crippen molar-refractivity contribution in [3.05, 3.63) is 41.2 Å². The normalized spacial score (nSPS) is 17.6. The van der Waals surface area contributed by atoms with E-state index in [2.05, 4.69) is 6.92 Å². The van der Waals surface area contributed by atoms with Crippen molar-refractivity contribution in [2.45, 2.75) is 46.1 Å². The van der Waals surface area contributed by atoms with E-state index in [9.17, 15) is 14.7 Å². The zero-order valence-corrected chi connectivity index (χ0v) is 15.4. The minimum Gasteiger partial charge on any atom is -0.503 e. The molecule has 0 fully saturated rings. The third-order valence-electron chi connectivity index (χ3n) is 4.53. The molecular formula is C20H27NO4. The number of methoxy groups -OCH3 is 1. The van der Waals surface area contributed by atoms with Crippen molar-refractivity contribution in [1.29, 1.82) is 0 Å². The Hall–Kier alpha value is -2.30. The van der Waals surface area contributed by atoms with Gasteiger partial charge in [0.05, 0.1) is 18.7 Å². The first kappa shape index (κ1) is 19.0. The van der Waals surface area contributed by atoms with Crippen molar-refractivity contribution in [3.8, 4) is 5.75 Å². The lowest BCUT2D eigenvalue weighted by Crippen LogP contribution is -2.32. The molecule has 5 nitrogen and oxygen atoms in total. The second kappa shape index (κ2) is 8.19. The van der Waals surface area contributed by atoms with Crippen LogP contribution in [-0.2, 0) is 9.59 Å². The number of hydrogen-bond donors (Lipinski definition) is 1. The number of benzene rings is 1. The summed E-state index contributed by atoms with van der Waals surface area (Å²) < 4.78 is 5.18. The summed E-state index contributed by atoms with van der Waals surface area (Å²) in [4.78, 5) is 26.9. The first-order chi connectivity index (χ1) is 11.9. The lowest BCUT2D eigenvalue weighted by Gasteiger charge is -2.27.